The number of carbonyl (C=O) groups is 1. The molecule has 0 saturated carbocycles. The highest BCUT2D eigenvalue weighted by molar-refractivity contribution is 5.87. The molecule has 3 rings (SSSR count). The summed E-state index contributed by atoms with van der Waals surface area (Å²) in [7, 11) is 0. The van der Waals surface area contributed by atoms with Gasteiger partial charge < -0.3 is 14.8 Å². The van der Waals surface area contributed by atoms with E-state index in [1.54, 1.807) is 12.5 Å². The maximum absolute atomic E-state index is 11.4. The average Bonchev–Trinajstić information content (AvgIpc) is 3.13. The molecule has 0 radical (unpaired) electrons. The quantitative estimate of drug-likeness (QED) is 0.855. The first-order valence-electron chi connectivity index (χ1n) is 7.75. The van der Waals surface area contributed by atoms with Gasteiger partial charge in [-0.1, -0.05) is 6.92 Å². The van der Waals surface area contributed by atoms with Crippen molar-refractivity contribution in [2.45, 2.75) is 51.7 Å². The van der Waals surface area contributed by atoms with Crippen molar-refractivity contribution in [1.29, 1.82) is 0 Å². The SMILES string of the molecule is CCCn1nc(C(=O)O)c2c1CCC(NCc1ccoc1)C2. The van der Waals surface area contributed by atoms with Crippen LogP contribution in [0.15, 0.2) is 23.0 Å². The van der Waals surface area contributed by atoms with Crippen molar-refractivity contribution in [3.8, 4) is 0 Å². The number of aromatic nitrogens is 2. The Kier molecular flexibility index (Phi) is 4.29. The molecule has 2 N–H and O–H groups in total. The second-order valence-corrected chi connectivity index (χ2v) is 5.75. The fourth-order valence-electron chi connectivity index (χ4n) is 3.09. The third-order valence-corrected chi connectivity index (χ3v) is 4.16. The number of carboxylic acid groups (broad SMARTS) is 1. The second kappa shape index (κ2) is 6.36. The molecule has 2 aromatic heterocycles. The average molecular weight is 303 g/mol. The van der Waals surface area contributed by atoms with Crippen LogP contribution in [0.2, 0.25) is 0 Å². The summed E-state index contributed by atoms with van der Waals surface area (Å²) in [6.07, 6.45) is 6.93. The summed E-state index contributed by atoms with van der Waals surface area (Å²) in [6.45, 7) is 3.59. The normalized spacial score (nSPS) is 17.4. The molecule has 118 valence electrons. The van der Waals surface area contributed by atoms with E-state index in [9.17, 15) is 9.90 Å². The molecule has 1 atom stereocenters. The van der Waals surface area contributed by atoms with E-state index in [2.05, 4.69) is 17.3 Å². The fourth-order valence-corrected chi connectivity index (χ4v) is 3.09. The first-order chi connectivity index (χ1) is 10.7. The molecule has 22 heavy (non-hydrogen) atoms. The smallest absolute Gasteiger partial charge is 0.356 e. The number of furan rings is 1. The molecule has 0 amide bonds. The molecule has 0 saturated heterocycles. The highest BCUT2D eigenvalue weighted by Gasteiger charge is 2.28. The van der Waals surface area contributed by atoms with Gasteiger partial charge in [0.25, 0.3) is 0 Å². The zero-order chi connectivity index (χ0) is 15.5. The lowest BCUT2D eigenvalue weighted by molar-refractivity contribution is 0.0688. The summed E-state index contributed by atoms with van der Waals surface area (Å²) in [5, 5.41) is 17.2. The Balaban J connectivity index is 1.74. The summed E-state index contributed by atoms with van der Waals surface area (Å²) in [4.78, 5) is 11.4. The number of rotatable bonds is 6. The number of carboxylic acids is 1. The largest absolute Gasteiger partial charge is 0.476 e. The zero-order valence-corrected chi connectivity index (χ0v) is 12.7. The van der Waals surface area contributed by atoms with Crippen molar-refractivity contribution in [1.82, 2.24) is 15.1 Å². The summed E-state index contributed by atoms with van der Waals surface area (Å²) >= 11 is 0. The molecule has 1 aliphatic carbocycles. The lowest BCUT2D eigenvalue weighted by atomic mass is 9.91. The Morgan fingerprint density at radius 2 is 2.45 bits per heavy atom. The van der Waals surface area contributed by atoms with Crippen molar-refractivity contribution in [3.05, 3.63) is 41.1 Å². The molecule has 0 aromatic carbocycles. The number of aryl methyl sites for hydroxylation is 1. The van der Waals surface area contributed by atoms with Gasteiger partial charge >= 0.3 is 5.97 Å². The van der Waals surface area contributed by atoms with Crippen LogP contribution in [0.4, 0.5) is 0 Å². The fraction of sp³-hybridized carbons (Fsp3) is 0.500. The van der Waals surface area contributed by atoms with Gasteiger partial charge in [-0.05, 0) is 31.7 Å². The number of fused-ring (bicyclic) bond motifs is 1. The summed E-state index contributed by atoms with van der Waals surface area (Å²) in [5.41, 5.74) is 3.32. The Morgan fingerprint density at radius 1 is 1.59 bits per heavy atom. The van der Waals surface area contributed by atoms with Gasteiger partial charge in [0, 0.05) is 36.0 Å². The second-order valence-electron chi connectivity index (χ2n) is 5.75. The van der Waals surface area contributed by atoms with E-state index in [0.717, 1.165) is 55.6 Å². The Hall–Kier alpha value is -2.08. The molecule has 1 unspecified atom stereocenters. The van der Waals surface area contributed by atoms with E-state index in [1.807, 2.05) is 10.7 Å². The first kappa shape index (κ1) is 14.8. The Morgan fingerprint density at radius 3 is 3.14 bits per heavy atom. The standard InChI is InChI=1S/C16H21N3O3/c1-2-6-19-14-4-3-12(17-9-11-5-7-22-10-11)8-13(14)15(18-19)16(20)21/h5,7,10,12,17H,2-4,6,8-9H2,1H3,(H,20,21). The predicted octanol–water partition coefficient (Wildman–Crippen LogP) is 2.23. The van der Waals surface area contributed by atoms with Crippen molar-refractivity contribution in [2.24, 2.45) is 0 Å². The van der Waals surface area contributed by atoms with Crippen molar-refractivity contribution in [2.75, 3.05) is 0 Å². The molecule has 1 aliphatic rings. The summed E-state index contributed by atoms with van der Waals surface area (Å²) in [6, 6.07) is 2.21. The maximum Gasteiger partial charge on any atom is 0.356 e. The van der Waals surface area contributed by atoms with Gasteiger partial charge in [-0.15, -0.1) is 0 Å². The van der Waals surface area contributed by atoms with E-state index in [1.165, 1.54) is 0 Å². The van der Waals surface area contributed by atoms with E-state index in [-0.39, 0.29) is 11.7 Å². The van der Waals surface area contributed by atoms with Crippen LogP contribution in [0, 0.1) is 0 Å². The molecule has 0 aliphatic heterocycles. The molecule has 2 heterocycles. The minimum absolute atomic E-state index is 0.221. The van der Waals surface area contributed by atoms with Crippen LogP contribution >= 0.6 is 0 Å². The molecular weight excluding hydrogens is 282 g/mol. The van der Waals surface area contributed by atoms with Gasteiger partial charge in [-0.2, -0.15) is 5.10 Å². The minimum atomic E-state index is -0.929. The van der Waals surface area contributed by atoms with Gasteiger partial charge in [0.05, 0.1) is 12.5 Å². The molecule has 6 heteroatoms. The first-order valence-corrected chi connectivity index (χ1v) is 7.75. The van der Waals surface area contributed by atoms with Gasteiger partial charge in [0.2, 0.25) is 0 Å². The zero-order valence-electron chi connectivity index (χ0n) is 12.7. The van der Waals surface area contributed by atoms with Crippen molar-refractivity contribution >= 4 is 5.97 Å². The van der Waals surface area contributed by atoms with Gasteiger partial charge in [0.15, 0.2) is 5.69 Å². The lowest BCUT2D eigenvalue weighted by Gasteiger charge is -2.24. The van der Waals surface area contributed by atoms with Crippen LogP contribution in [0.1, 0.15) is 47.1 Å². The lowest BCUT2D eigenvalue weighted by Crippen LogP contribution is -2.34. The number of hydrogen-bond acceptors (Lipinski definition) is 4. The maximum atomic E-state index is 11.4. The van der Waals surface area contributed by atoms with Crippen LogP contribution in [0.3, 0.4) is 0 Å². The highest BCUT2D eigenvalue weighted by atomic mass is 16.4. The van der Waals surface area contributed by atoms with Crippen LogP contribution in [0.5, 0.6) is 0 Å². The monoisotopic (exact) mass is 303 g/mol. The third kappa shape index (κ3) is 2.92. The Labute approximate surface area is 129 Å². The van der Waals surface area contributed by atoms with Crippen LogP contribution in [-0.4, -0.2) is 26.9 Å². The van der Waals surface area contributed by atoms with Crippen LogP contribution in [-0.2, 0) is 25.9 Å². The summed E-state index contributed by atoms with van der Waals surface area (Å²) < 4.78 is 6.94. The number of nitrogens with one attached hydrogen (secondary N) is 1. The third-order valence-electron chi connectivity index (χ3n) is 4.16. The van der Waals surface area contributed by atoms with E-state index in [4.69, 9.17) is 4.42 Å². The number of nitrogens with zero attached hydrogens (tertiary/aromatic N) is 2. The van der Waals surface area contributed by atoms with Crippen LogP contribution in [0.25, 0.3) is 0 Å². The van der Waals surface area contributed by atoms with Gasteiger partial charge in [-0.25, -0.2) is 4.79 Å². The minimum Gasteiger partial charge on any atom is -0.476 e. The van der Waals surface area contributed by atoms with Crippen molar-refractivity contribution in [3.63, 3.8) is 0 Å². The number of aromatic carboxylic acids is 1. The molecule has 2 aromatic rings. The van der Waals surface area contributed by atoms with E-state index < -0.39 is 5.97 Å². The molecule has 0 bridgehead atoms. The van der Waals surface area contributed by atoms with Crippen molar-refractivity contribution < 1.29 is 14.3 Å². The van der Waals surface area contributed by atoms with Gasteiger partial charge in [-0.3, -0.25) is 4.68 Å². The van der Waals surface area contributed by atoms with E-state index >= 15 is 0 Å². The molecule has 6 nitrogen and oxygen atoms in total. The topological polar surface area (TPSA) is 80.3 Å². The highest BCUT2D eigenvalue weighted by Crippen LogP contribution is 2.25. The molecule has 0 fully saturated rings. The molecule has 0 spiro atoms. The van der Waals surface area contributed by atoms with E-state index in [0.29, 0.717) is 0 Å². The summed E-state index contributed by atoms with van der Waals surface area (Å²) in [5.74, 6) is -0.929. The van der Waals surface area contributed by atoms with Crippen LogP contribution < -0.4 is 5.32 Å². The number of hydrogen-bond donors (Lipinski definition) is 2. The van der Waals surface area contributed by atoms with Gasteiger partial charge in [0.1, 0.15) is 0 Å². The Bertz CT molecular complexity index is 646. The predicted molar refractivity (Wildman–Crippen MR) is 80.8 cm³/mol. The molecular formula is C16H21N3O3.